The van der Waals surface area contributed by atoms with Gasteiger partial charge in [-0.05, 0) is 37.1 Å². The van der Waals surface area contributed by atoms with Gasteiger partial charge in [0.2, 0.25) is 0 Å². The average molecular weight is 464 g/mol. The van der Waals surface area contributed by atoms with E-state index in [2.05, 4.69) is 0 Å². The number of hydrogen-bond donors (Lipinski definition) is 1. The summed E-state index contributed by atoms with van der Waals surface area (Å²) in [6, 6.07) is 7.28. The van der Waals surface area contributed by atoms with E-state index < -0.39 is 11.6 Å². The first-order valence-corrected chi connectivity index (χ1v) is 11.1. The monoisotopic (exact) mass is 464 g/mol. The number of esters is 2. The predicted octanol–water partition coefficient (Wildman–Crippen LogP) is 2.19. The van der Waals surface area contributed by atoms with E-state index in [4.69, 9.17) is 19.2 Å². The molecule has 0 fully saturated rings. The highest BCUT2D eigenvalue weighted by Crippen LogP contribution is 2.39. The minimum absolute atomic E-state index is 0.0864. The predicted molar refractivity (Wildman–Crippen MR) is 121 cm³/mol. The molecule has 0 bridgehead atoms. The average Bonchev–Trinajstić information content (AvgIpc) is 3.21. The maximum atomic E-state index is 13.3. The van der Waals surface area contributed by atoms with Crippen LogP contribution in [0, 0.1) is 0 Å². The van der Waals surface area contributed by atoms with Gasteiger partial charge in [-0.15, -0.1) is 0 Å². The number of ether oxygens (including phenoxy) is 3. The molecule has 1 unspecified atom stereocenters. The van der Waals surface area contributed by atoms with Gasteiger partial charge in [-0.25, -0.2) is 9.78 Å². The van der Waals surface area contributed by atoms with E-state index >= 15 is 0 Å². The molecule has 0 saturated heterocycles. The summed E-state index contributed by atoms with van der Waals surface area (Å²) in [7, 11) is 2.92. The fraction of sp³-hybridized carbons (Fsp3) is 0.360. The third kappa shape index (κ3) is 3.11. The lowest BCUT2D eigenvalue weighted by atomic mass is 9.86. The van der Waals surface area contributed by atoms with Crippen molar-refractivity contribution in [2.75, 3.05) is 14.2 Å². The van der Waals surface area contributed by atoms with Gasteiger partial charge >= 0.3 is 11.9 Å². The summed E-state index contributed by atoms with van der Waals surface area (Å²) in [5.41, 5.74) is 1.91. The zero-order chi connectivity index (χ0) is 24.2. The van der Waals surface area contributed by atoms with Gasteiger partial charge in [0.15, 0.2) is 5.60 Å². The molecular formula is C25H24N2O7. The van der Waals surface area contributed by atoms with Crippen molar-refractivity contribution in [1.82, 2.24) is 9.55 Å². The second-order valence-corrected chi connectivity index (χ2v) is 8.49. The lowest BCUT2D eigenvalue weighted by molar-refractivity contribution is -0.172. The Morgan fingerprint density at radius 1 is 1.26 bits per heavy atom. The van der Waals surface area contributed by atoms with E-state index in [-0.39, 0.29) is 42.1 Å². The Bertz CT molecular complexity index is 1430. The lowest BCUT2D eigenvalue weighted by Gasteiger charge is -2.31. The number of hydrogen-bond acceptors (Lipinski definition) is 8. The summed E-state index contributed by atoms with van der Waals surface area (Å²) in [6.07, 6.45) is 0.694. The molecule has 0 aliphatic carbocycles. The summed E-state index contributed by atoms with van der Waals surface area (Å²) < 4.78 is 17.0. The molecule has 0 radical (unpaired) electrons. The minimum atomic E-state index is -1.86. The van der Waals surface area contributed by atoms with Crippen LogP contribution in [0.1, 0.15) is 42.0 Å². The van der Waals surface area contributed by atoms with Crippen molar-refractivity contribution in [3.63, 3.8) is 0 Å². The molecule has 9 heteroatoms. The fourth-order valence-corrected chi connectivity index (χ4v) is 4.87. The number of cyclic esters (lactones) is 1. The van der Waals surface area contributed by atoms with Crippen molar-refractivity contribution in [2.24, 2.45) is 0 Å². The largest absolute Gasteiger partial charge is 0.496 e. The van der Waals surface area contributed by atoms with Crippen LogP contribution in [-0.2, 0) is 44.2 Å². The number of pyridine rings is 2. The molecule has 176 valence electrons. The molecule has 1 atom stereocenters. The van der Waals surface area contributed by atoms with Crippen LogP contribution in [-0.4, -0.2) is 40.8 Å². The Morgan fingerprint density at radius 2 is 2.06 bits per heavy atom. The topological polar surface area (TPSA) is 117 Å². The molecule has 2 aromatic heterocycles. The molecule has 0 saturated carbocycles. The Hall–Kier alpha value is -3.72. The van der Waals surface area contributed by atoms with Gasteiger partial charge < -0.3 is 23.9 Å². The van der Waals surface area contributed by atoms with Crippen LogP contribution in [0.2, 0.25) is 0 Å². The molecular weight excluding hydrogens is 440 g/mol. The van der Waals surface area contributed by atoms with Crippen LogP contribution in [0.4, 0.5) is 0 Å². The highest BCUT2D eigenvalue weighted by molar-refractivity contribution is 5.89. The summed E-state index contributed by atoms with van der Waals surface area (Å²) in [5, 5.41) is 11.8. The summed E-state index contributed by atoms with van der Waals surface area (Å²) >= 11 is 0. The smallest absolute Gasteiger partial charge is 0.343 e. The van der Waals surface area contributed by atoms with Gasteiger partial charge in [0, 0.05) is 28.5 Å². The first-order valence-electron chi connectivity index (χ1n) is 11.1. The van der Waals surface area contributed by atoms with Gasteiger partial charge in [-0.1, -0.05) is 6.92 Å². The van der Waals surface area contributed by atoms with Crippen LogP contribution >= 0.6 is 0 Å². The Balaban J connectivity index is 1.68. The maximum Gasteiger partial charge on any atom is 0.343 e. The molecule has 1 aromatic carbocycles. The summed E-state index contributed by atoms with van der Waals surface area (Å²) in [4.78, 5) is 42.2. The number of benzene rings is 1. The van der Waals surface area contributed by atoms with E-state index in [9.17, 15) is 19.5 Å². The van der Waals surface area contributed by atoms with Crippen LogP contribution in [0.3, 0.4) is 0 Å². The van der Waals surface area contributed by atoms with Crippen molar-refractivity contribution >= 4 is 22.8 Å². The first-order chi connectivity index (χ1) is 16.3. The van der Waals surface area contributed by atoms with Crippen molar-refractivity contribution in [3.8, 4) is 17.1 Å². The second kappa shape index (κ2) is 7.95. The third-order valence-electron chi connectivity index (χ3n) is 6.79. The number of aliphatic hydroxyl groups is 1. The van der Waals surface area contributed by atoms with Crippen molar-refractivity contribution in [2.45, 2.75) is 44.9 Å². The van der Waals surface area contributed by atoms with Crippen LogP contribution in [0.15, 0.2) is 29.1 Å². The van der Waals surface area contributed by atoms with Gasteiger partial charge in [0.25, 0.3) is 5.56 Å². The molecule has 34 heavy (non-hydrogen) atoms. The molecule has 2 aliphatic rings. The zero-order valence-corrected chi connectivity index (χ0v) is 19.1. The normalized spacial score (nSPS) is 18.2. The quantitative estimate of drug-likeness (QED) is 0.447. The molecule has 3 aromatic rings. The first kappa shape index (κ1) is 22.1. The van der Waals surface area contributed by atoms with Crippen molar-refractivity contribution in [1.29, 1.82) is 0 Å². The summed E-state index contributed by atoms with van der Waals surface area (Å²) in [6.45, 7) is 1.80. The molecule has 1 N–H and O–H groups in total. The van der Waals surface area contributed by atoms with E-state index in [1.165, 1.54) is 7.11 Å². The SMILES string of the molecule is CCC1(O)C(=O)OCc2c1cc1n(c2=O)Cc2cc3c(CCC(=O)OC)c(OC)ccc3nc2-1. The van der Waals surface area contributed by atoms with Gasteiger partial charge in [0.1, 0.15) is 12.4 Å². The van der Waals surface area contributed by atoms with Crippen molar-refractivity contribution in [3.05, 3.63) is 56.9 Å². The maximum absolute atomic E-state index is 13.3. The number of carbonyl (C=O) groups is 2. The molecule has 0 spiro atoms. The Kier molecular flexibility index (Phi) is 5.16. The third-order valence-corrected chi connectivity index (χ3v) is 6.79. The molecule has 9 nitrogen and oxygen atoms in total. The van der Waals surface area contributed by atoms with E-state index in [1.807, 2.05) is 12.1 Å². The fourth-order valence-electron chi connectivity index (χ4n) is 4.87. The number of methoxy groups -OCH3 is 2. The highest BCUT2D eigenvalue weighted by atomic mass is 16.6. The Morgan fingerprint density at radius 3 is 2.76 bits per heavy atom. The molecule has 4 heterocycles. The molecule has 2 aliphatic heterocycles. The van der Waals surface area contributed by atoms with Crippen LogP contribution < -0.4 is 10.3 Å². The van der Waals surface area contributed by atoms with Gasteiger partial charge in [-0.3, -0.25) is 9.59 Å². The number of nitrogens with zero attached hydrogens (tertiary/aromatic N) is 2. The van der Waals surface area contributed by atoms with Gasteiger partial charge in [0.05, 0.1) is 43.2 Å². The number of rotatable bonds is 5. The molecule has 0 amide bonds. The second-order valence-electron chi connectivity index (χ2n) is 8.49. The number of aryl methyl sites for hydroxylation is 1. The lowest BCUT2D eigenvalue weighted by Crippen LogP contribution is -2.44. The van der Waals surface area contributed by atoms with E-state index in [0.717, 1.165) is 16.5 Å². The Labute approximate surface area is 194 Å². The molecule has 5 rings (SSSR count). The number of fused-ring (bicyclic) bond motifs is 5. The van der Waals surface area contributed by atoms with Crippen molar-refractivity contribution < 1.29 is 28.9 Å². The van der Waals surface area contributed by atoms with E-state index in [1.54, 1.807) is 30.7 Å². The standard InChI is InChI=1S/C25H24N2O7/c1-4-25(31)17-10-19-22-13(11-27(19)23(29)16(17)12-34-24(25)30)9-15-14(5-8-21(28)33-3)20(32-2)7-6-18(15)26-22/h6-7,9-10,31H,4-5,8,11-12H2,1-3H3. The summed E-state index contributed by atoms with van der Waals surface area (Å²) in [5.74, 6) is -0.429. The van der Waals surface area contributed by atoms with E-state index in [0.29, 0.717) is 35.6 Å². The zero-order valence-electron chi connectivity index (χ0n) is 19.1. The van der Waals surface area contributed by atoms with Gasteiger partial charge in [-0.2, -0.15) is 0 Å². The minimum Gasteiger partial charge on any atom is -0.496 e. The highest BCUT2D eigenvalue weighted by Gasteiger charge is 2.45. The number of aromatic nitrogens is 2. The van der Waals surface area contributed by atoms with Crippen LogP contribution in [0.5, 0.6) is 5.75 Å². The van der Waals surface area contributed by atoms with Crippen LogP contribution in [0.25, 0.3) is 22.3 Å². The number of carbonyl (C=O) groups excluding carboxylic acids is 2.